The lowest BCUT2D eigenvalue weighted by Gasteiger charge is -2.17. The number of nitrogens with zero attached hydrogens (tertiary/aromatic N) is 1. The summed E-state index contributed by atoms with van der Waals surface area (Å²) >= 11 is 0. The summed E-state index contributed by atoms with van der Waals surface area (Å²) in [6.07, 6.45) is 6.70. The molecule has 0 aromatic heterocycles. The van der Waals surface area contributed by atoms with Crippen LogP contribution in [0, 0.1) is 0 Å². The summed E-state index contributed by atoms with van der Waals surface area (Å²) in [4.78, 5) is 0. The van der Waals surface area contributed by atoms with Crippen LogP contribution in [0.15, 0.2) is 42.0 Å². The van der Waals surface area contributed by atoms with Crippen molar-refractivity contribution in [2.75, 3.05) is 6.54 Å². The second-order valence-corrected chi connectivity index (χ2v) is 7.18. The van der Waals surface area contributed by atoms with E-state index in [-0.39, 0.29) is 6.04 Å². The van der Waals surface area contributed by atoms with Crippen LogP contribution in [0.4, 0.5) is 0 Å². The van der Waals surface area contributed by atoms with Gasteiger partial charge in [0.05, 0.1) is 6.04 Å². The molecule has 0 spiro atoms. The van der Waals surface area contributed by atoms with Gasteiger partial charge in [0.15, 0.2) is 0 Å². The van der Waals surface area contributed by atoms with Crippen molar-refractivity contribution in [3.63, 3.8) is 0 Å². The van der Waals surface area contributed by atoms with E-state index in [4.69, 9.17) is 0 Å². The van der Waals surface area contributed by atoms with Gasteiger partial charge in [-0.05, 0) is 31.2 Å². The van der Waals surface area contributed by atoms with Crippen molar-refractivity contribution in [2.45, 2.75) is 38.3 Å². The molecule has 0 radical (unpaired) electrons. The van der Waals surface area contributed by atoms with Gasteiger partial charge in [-0.2, -0.15) is 17.4 Å². The predicted molar refractivity (Wildman–Crippen MR) is 79.2 cm³/mol. The van der Waals surface area contributed by atoms with Crippen LogP contribution in [0.2, 0.25) is 0 Å². The lowest BCUT2D eigenvalue weighted by atomic mass is 9.94. The van der Waals surface area contributed by atoms with Crippen molar-refractivity contribution in [2.24, 2.45) is 0 Å². The van der Waals surface area contributed by atoms with Gasteiger partial charge in [0.25, 0.3) is 10.2 Å². The zero-order chi connectivity index (χ0) is 14.0. The van der Waals surface area contributed by atoms with Gasteiger partial charge in [-0.15, -0.1) is 0 Å². The summed E-state index contributed by atoms with van der Waals surface area (Å²) in [6, 6.07) is 9.70. The van der Waals surface area contributed by atoms with Crippen LogP contribution >= 0.6 is 0 Å². The minimum absolute atomic E-state index is 0.0380. The first-order valence-corrected chi connectivity index (χ1v) is 8.59. The van der Waals surface area contributed by atoms with E-state index in [1.807, 2.05) is 30.3 Å². The molecule has 2 aliphatic rings. The van der Waals surface area contributed by atoms with Crippen molar-refractivity contribution < 1.29 is 8.42 Å². The fourth-order valence-corrected chi connectivity index (χ4v) is 4.30. The van der Waals surface area contributed by atoms with E-state index in [2.05, 4.69) is 10.8 Å². The standard InChI is InChI=1S/C15H20N2O2S/c18-20(19)16-15(14-9-5-2-6-10-14)12-17(20)11-13-7-3-1-4-8-13/h1,3-4,7-9,15-16H,2,5-6,10-12H2. The number of hydrogen-bond acceptors (Lipinski definition) is 2. The summed E-state index contributed by atoms with van der Waals surface area (Å²) < 4.78 is 28.8. The molecular formula is C15H20N2O2S. The second-order valence-electron chi connectivity index (χ2n) is 5.48. The van der Waals surface area contributed by atoms with Gasteiger partial charge in [-0.1, -0.05) is 42.0 Å². The van der Waals surface area contributed by atoms with Gasteiger partial charge < -0.3 is 0 Å². The Labute approximate surface area is 120 Å². The molecule has 5 heteroatoms. The van der Waals surface area contributed by atoms with Crippen molar-refractivity contribution in [1.29, 1.82) is 0 Å². The Morgan fingerprint density at radius 2 is 2.00 bits per heavy atom. The number of nitrogens with one attached hydrogen (secondary N) is 1. The Bertz CT molecular complexity index is 596. The van der Waals surface area contributed by atoms with Crippen molar-refractivity contribution >= 4 is 10.2 Å². The molecule has 3 rings (SSSR count). The van der Waals surface area contributed by atoms with Crippen LogP contribution in [-0.4, -0.2) is 25.3 Å². The Hall–Kier alpha value is -1.17. The molecule has 20 heavy (non-hydrogen) atoms. The van der Waals surface area contributed by atoms with Crippen LogP contribution in [0.3, 0.4) is 0 Å². The molecule has 1 aliphatic carbocycles. The molecule has 0 amide bonds. The molecular weight excluding hydrogens is 272 g/mol. The highest BCUT2D eigenvalue weighted by atomic mass is 32.2. The van der Waals surface area contributed by atoms with Crippen LogP contribution in [0.1, 0.15) is 31.2 Å². The molecule has 1 unspecified atom stereocenters. The highest BCUT2D eigenvalue weighted by Gasteiger charge is 2.36. The first kappa shape index (κ1) is 13.8. The molecule has 1 atom stereocenters. The highest BCUT2D eigenvalue weighted by Crippen LogP contribution is 2.25. The van der Waals surface area contributed by atoms with Gasteiger partial charge in [0.2, 0.25) is 0 Å². The third-order valence-corrected chi connectivity index (χ3v) is 5.53. The lowest BCUT2D eigenvalue weighted by Crippen LogP contribution is -2.30. The average molecular weight is 292 g/mol. The quantitative estimate of drug-likeness (QED) is 0.868. The smallest absolute Gasteiger partial charge is 0.195 e. The van der Waals surface area contributed by atoms with E-state index < -0.39 is 10.2 Å². The van der Waals surface area contributed by atoms with Gasteiger partial charge in [-0.25, -0.2) is 0 Å². The van der Waals surface area contributed by atoms with Crippen LogP contribution < -0.4 is 4.72 Å². The van der Waals surface area contributed by atoms with Gasteiger partial charge in [0.1, 0.15) is 0 Å². The topological polar surface area (TPSA) is 49.4 Å². The van der Waals surface area contributed by atoms with Gasteiger partial charge in [-0.3, -0.25) is 0 Å². The lowest BCUT2D eigenvalue weighted by molar-refractivity contribution is 0.428. The number of hydrogen-bond donors (Lipinski definition) is 1. The molecule has 1 saturated heterocycles. The molecule has 0 bridgehead atoms. The zero-order valence-electron chi connectivity index (χ0n) is 11.5. The fraction of sp³-hybridized carbons (Fsp3) is 0.467. The summed E-state index contributed by atoms with van der Waals surface area (Å²) in [5.41, 5.74) is 2.28. The molecule has 1 aromatic carbocycles. The molecule has 1 heterocycles. The number of allylic oxidation sites excluding steroid dienone is 1. The van der Waals surface area contributed by atoms with E-state index in [1.165, 1.54) is 18.4 Å². The predicted octanol–water partition coefficient (Wildman–Crippen LogP) is 2.21. The number of rotatable bonds is 3. The first-order chi connectivity index (χ1) is 9.65. The molecule has 1 N–H and O–H groups in total. The van der Waals surface area contributed by atoms with E-state index >= 15 is 0 Å². The van der Waals surface area contributed by atoms with Gasteiger partial charge >= 0.3 is 0 Å². The van der Waals surface area contributed by atoms with E-state index in [0.717, 1.165) is 18.4 Å². The second kappa shape index (κ2) is 5.68. The maximum atomic E-state index is 12.2. The SMILES string of the molecule is O=S1(=O)NC(C2=CCCCC2)CN1Cc1ccccc1. The molecule has 1 aromatic rings. The van der Waals surface area contributed by atoms with Crippen LogP contribution in [0.5, 0.6) is 0 Å². The minimum Gasteiger partial charge on any atom is -0.195 e. The maximum Gasteiger partial charge on any atom is 0.280 e. The molecule has 1 aliphatic heterocycles. The Kier molecular flexibility index (Phi) is 3.92. The average Bonchev–Trinajstić information content (AvgIpc) is 2.76. The van der Waals surface area contributed by atoms with Crippen molar-refractivity contribution in [3.8, 4) is 0 Å². The van der Waals surface area contributed by atoms with Crippen molar-refractivity contribution in [1.82, 2.24) is 9.03 Å². The number of benzene rings is 1. The van der Waals surface area contributed by atoms with Crippen molar-refractivity contribution in [3.05, 3.63) is 47.5 Å². The highest BCUT2D eigenvalue weighted by molar-refractivity contribution is 7.87. The first-order valence-electron chi connectivity index (χ1n) is 7.15. The van der Waals surface area contributed by atoms with E-state index in [9.17, 15) is 8.42 Å². The molecule has 108 valence electrons. The fourth-order valence-electron chi connectivity index (χ4n) is 2.90. The third kappa shape index (κ3) is 2.95. The normalized spacial score (nSPS) is 26.4. The molecule has 0 saturated carbocycles. The maximum absolute atomic E-state index is 12.2. The molecule has 4 nitrogen and oxygen atoms in total. The summed E-state index contributed by atoms with van der Waals surface area (Å²) in [5.74, 6) is 0. The Morgan fingerprint density at radius 1 is 1.20 bits per heavy atom. The minimum atomic E-state index is -3.34. The Morgan fingerprint density at radius 3 is 2.70 bits per heavy atom. The largest absolute Gasteiger partial charge is 0.280 e. The molecule has 1 fully saturated rings. The zero-order valence-corrected chi connectivity index (χ0v) is 12.3. The Balaban J connectivity index is 1.74. The summed E-state index contributed by atoms with van der Waals surface area (Å²) in [5, 5.41) is 0. The summed E-state index contributed by atoms with van der Waals surface area (Å²) in [7, 11) is -3.34. The summed E-state index contributed by atoms with van der Waals surface area (Å²) in [6.45, 7) is 0.989. The van der Waals surface area contributed by atoms with Crippen LogP contribution in [-0.2, 0) is 16.8 Å². The third-order valence-electron chi connectivity index (χ3n) is 3.99. The van der Waals surface area contributed by atoms with E-state index in [0.29, 0.717) is 13.1 Å². The van der Waals surface area contributed by atoms with E-state index in [1.54, 1.807) is 4.31 Å². The monoisotopic (exact) mass is 292 g/mol. The van der Waals surface area contributed by atoms with Crippen LogP contribution in [0.25, 0.3) is 0 Å². The van der Waals surface area contributed by atoms with Gasteiger partial charge in [0, 0.05) is 13.1 Å².